The summed E-state index contributed by atoms with van der Waals surface area (Å²) >= 11 is 0. The smallest absolute Gasteiger partial charge is 0.307 e. The minimum absolute atomic E-state index is 0.0808. The van der Waals surface area contributed by atoms with Gasteiger partial charge in [-0.3, -0.25) is 4.79 Å². The van der Waals surface area contributed by atoms with Crippen LogP contribution < -0.4 is 5.73 Å². The van der Waals surface area contributed by atoms with Gasteiger partial charge in [-0.1, -0.05) is 19.4 Å². The van der Waals surface area contributed by atoms with Crippen molar-refractivity contribution in [3.05, 3.63) is 35.1 Å². The largest absolute Gasteiger partial charge is 0.481 e. The number of carboxylic acids is 1. The Hall–Kier alpha value is -1.56. The lowest BCUT2D eigenvalue weighted by atomic mass is 9.91. The number of nitrogens with two attached hydrogens (primary N) is 1. The maximum atomic E-state index is 13.4. The van der Waals surface area contributed by atoms with Crippen molar-refractivity contribution in [3.8, 4) is 0 Å². The zero-order valence-corrected chi connectivity index (χ0v) is 11.9. The summed E-state index contributed by atoms with van der Waals surface area (Å²) in [6.07, 6.45) is 1.97. The van der Waals surface area contributed by atoms with Gasteiger partial charge >= 0.3 is 5.97 Å². The zero-order valence-electron chi connectivity index (χ0n) is 11.9. The maximum Gasteiger partial charge on any atom is 0.307 e. The Balaban J connectivity index is 2.47. The van der Waals surface area contributed by atoms with E-state index in [1.807, 2.05) is 6.92 Å². The van der Waals surface area contributed by atoms with Gasteiger partial charge in [-0.15, -0.1) is 0 Å². The molecule has 0 aliphatic carbocycles. The topological polar surface area (TPSA) is 63.3 Å². The first kappa shape index (κ1) is 17.5. The maximum absolute atomic E-state index is 13.4. The molecule has 0 saturated heterocycles. The molecule has 3 N–H and O–H groups in total. The molecule has 0 bridgehead atoms. The predicted octanol–water partition coefficient (Wildman–Crippen LogP) is 3.11. The molecule has 1 rings (SSSR count). The lowest BCUT2D eigenvalue weighted by Gasteiger charge is -2.16. The summed E-state index contributed by atoms with van der Waals surface area (Å²) in [5.74, 6) is -5.18. The van der Waals surface area contributed by atoms with Gasteiger partial charge in [0.15, 0.2) is 17.5 Å². The number of aliphatic carboxylic acids is 1. The van der Waals surface area contributed by atoms with Gasteiger partial charge in [0.1, 0.15) is 0 Å². The van der Waals surface area contributed by atoms with E-state index in [0.29, 0.717) is 19.3 Å². The molecule has 0 aliphatic rings. The molecule has 0 aliphatic heterocycles. The molecule has 0 spiro atoms. The molecule has 2 atom stereocenters. The second-order valence-electron chi connectivity index (χ2n) is 5.34. The standard InChI is InChI=1S/C15H20F3NO2/c1-9(7-11(8-19)15(20)21)3-2-4-10-5-6-12(16)14(18)13(10)17/h5-6,9,11H,2-4,7-8,19H2,1H3,(H,20,21). The Morgan fingerprint density at radius 1 is 1.29 bits per heavy atom. The number of rotatable bonds is 8. The number of carboxylic acid groups (broad SMARTS) is 1. The Kier molecular flexibility index (Phi) is 6.68. The van der Waals surface area contributed by atoms with Gasteiger partial charge in [0.25, 0.3) is 0 Å². The van der Waals surface area contributed by atoms with E-state index >= 15 is 0 Å². The Bertz CT molecular complexity index is 494. The van der Waals surface area contributed by atoms with E-state index in [1.165, 1.54) is 6.07 Å². The van der Waals surface area contributed by atoms with Crippen LogP contribution >= 0.6 is 0 Å². The van der Waals surface area contributed by atoms with Gasteiger partial charge in [0, 0.05) is 6.54 Å². The molecule has 118 valence electrons. The number of hydrogen-bond acceptors (Lipinski definition) is 2. The number of halogens is 3. The minimum Gasteiger partial charge on any atom is -0.481 e. The molecule has 0 saturated carbocycles. The molecular formula is C15H20F3NO2. The van der Waals surface area contributed by atoms with E-state index in [0.717, 1.165) is 6.07 Å². The SMILES string of the molecule is CC(CCCc1ccc(F)c(F)c1F)CC(CN)C(=O)O. The van der Waals surface area contributed by atoms with Crippen LogP contribution in [0.25, 0.3) is 0 Å². The molecule has 6 heteroatoms. The molecule has 1 aromatic rings. The minimum atomic E-state index is -1.45. The van der Waals surface area contributed by atoms with Crippen molar-refractivity contribution in [1.29, 1.82) is 0 Å². The highest BCUT2D eigenvalue weighted by atomic mass is 19.2. The Morgan fingerprint density at radius 2 is 1.95 bits per heavy atom. The van der Waals surface area contributed by atoms with Gasteiger partial charge in [0.2, 0.25) is 0 Å². The van der Waals surface area contributed by atoms with E-state index < -0.39 is 29.3 Å². The molecule has 0 fully saturated rings. The van der Waals surface area contributed by atoms with Crippen molar-refractivity contribution in [2.75, 3.05) is 6.54 Å². The molecule has 0 amide bonds. The molecule has 0 aromatic heterocycles. The molecule has 0 heterocycles. The van der Waals surface area contributed by atoms with Crippen LogP contribution in [-0.4, -0.2) is 17.6 Å². The van der Waals surface area contributed by atoms with Gasteiger partial charge in [-0.25, -0.2) is 13.2 Å². The predicted molar refractivity (Wildman–Crippen MR) is 73.2 cm³/mol. The van der Waals surface area contributed by atoms with Gasteiger partial charge in [-0.05, 0) is 36.8 Å². The quantitative estimate of drug-likeness (QED) is 0.725. The van der Waals surface area contributed by atoms with Crippen molar-refractivity contribution in [1.82, 2.24) is 0 Å². The molecule has 2 unspecified atom stereocenters. The van der Waals surface area contributed by atoms with Gasteiger partial charge in [0.05, 0.1) is 5.92 Å². The number of benzene rings is 1. The second-order valence-corrected chi connectivity index (χ2v) is 5.34. The van der Waals surface area contributed by atoms with Gasteiger partial charge in [-0.2, -0.15) is 0 Å². The summed E-state index contributed by atoms with van der Waals surface area (Å²) in [4.78, 5) is 10.9. The zero-order chi connectivity index (χ0) is 16.0. The number of carbonyl (C=O) groups is 1. The van der Waals surface area contributed by atoms with Crippen LogP contribution in [0.4, 0.5) is 13.2 Å². The Morgan fingerprint density at radius 3 is 2.52 bits per heavy atom. The van der Waals surface area contributed by atoms with Crippen LogP contribution in [0.15, 0.2) is 12.1 Å². The van der Waals surface area contributed by atoms with Gasteiger partial charge < -0.3 is 10.8 Å². The summed E-state index contributed by atoms with van der Waals surface area (Å²) in [5, 5.41) is 8.91. The normalized spacial score (nSPS) is 14.0. The van der Waals surface area contributed by atoms with Crippen LogP contribution in [0.1, 0.15) is 31.7 Å². The Labute approximate surface area is 122 Å². The fraction of sp³-hybridized carbons (Fsp3) is 0.533. The fourth-order valence-corrected chi connectivity index (χ4v) is 2.30. The van der Waals surface area contributed by atoms with Crippen molar-refractivity contribution in [3.63, 3.8) is 0 Å². The van der Waals surface area contributed by atoms with Crippen LogP contribution in [-0.2, 0) is 11.2 Å². The molecule has 3 nitrogen and oxygen atoms in total. The average molecular weight is 303 g/mol. The fourth-order valence-electron chi connectivity index (χ4n) is 2.30. The van der Waals surface area contributed by atoms with E-state index in [1.54, 1.807) is 0 Å². The highest BCUT2D eigenvalue weighted by molar-refractivity contribution is 5.70. The second kappa shape index (κ2) is 8.02. The van der Waals surface area contributed by atoms with Crippen molar-refractivity contribution < 1.29 is 23.1 Å². The summed E-state index contributed by atoms with van der Waals surface area (Å²) in [6.45, 7) is 1.98. The monoisotopic (exact) mass is 303 g/mol. The van der Waals surface area contributed by atoms with E-state index in [2.05, 4.69) is 0 Å². The number of aryl methyl sites for hydroxylation is 1. The van der Waals surface area contributed by atoms with Crippen molar-refractivity contribution in [2.45, 2.75) is 32.6 Å². The summed E-state index contributed by atoms with van der Waals surface area (Å²) < 4.78 is 39.3. The number of hydrogen-bond donors (Lipinski definition) is 2. The van der Waals surface area contributed by atoms with Crippen molar-refractivity contribution in [2.24, 2.45) is 17.6 Å². The van der Waals surface area contributed by atoms with Crippen molar-refractivity contribution >= 4 is 5.97 Å². The third-order valence-corrected chi connectivity index (χ3v) is 3.58. The molecule has 0 radical (unpaired) electrons. The molecular weight excluding hydrogens is 283 g/mol. The first-order chi connectivity index (χ1) is 9.86. The van der Waals surface area contributed by atoms with Crippen LogP contribution in [0, 0.1) is 29.3 Å². The summed E-state index contributed by atoms with van der Waals surface area (Å²) in [7, 11) is 0. The first-order valence-electron chi connectivity index (χ1n) is 6.92. The van der Waals surface area contributed by atoms with Crippen LogP contribution in [0.5, 0.6) is 0 Å². The third-order valence-electron chi connectivity index (χ3n) is 3.58. The summed E-state index contributed by atoms with van der Waals surface area (Å²) in [6, 6.07) is 2.14. The highest BCUT2D eigenvalue weighted by Gasteiger charge is 2.19. The molecule has 1 aromatic carbocycles. The summed E-state index contributed by atoms with van der Waals surface area (Å²) in [5.41, 5.74) is 5.52. The van der Waals surface area contributed by atoms with Crippen LogP contribution in [0.2, 0.25) is 0 Å². The lowest BCUT2D eigenvalue weighted by Crippen LogP contribution is -2.25. The average Bonchev–Trinajstić information content (AvgIpc) is 2.44. The van der Waals surface area contributed by atoms with E-state index in [9.17, 15) is 18.0 Å². The van der Waals surface area contributed by atoms with E-state index in [4.69, 9.17) is 10.8 Å². The molecule has 21 heavy (non-hydrogen) atoms. The lowest BCUT2D eigenvalue weighted by molar-refractivity contribution is -0.141. The van der Waals surface area contributed by atoms with E-state index in [-0.39, 0.29) is 24.4 Å². The van der Waals surface area contributed by atoms with Crippen LogP contribution in [0.3, 0.4) is 0 Å². The highest BCUT2D eigenvalue weighted by Crippen LogP contribution is 2.21. The third kappa shape index (κ3) is 5.04. The first-order valence-corrected chi connectivity index (χ1v) is 6.92.